The molecule has 2 heterocycles. The molecule has 5 heteroatoms. The van der Waals surface area contributed by atoms with E-state index in [2.05, 4.69) is 6.07 Å². The Balaban J connectivity index is 2.39. The second-order valence-electron chi connectivity index (χ2n) is 5.98. The normalized spacial score (nSPS) is 15.6. The average Bonchev–Trinajstić information content (AvgIpc) is 2.51. The van der Waals surface area contributed by atoms with E-state index in [1.807, 2.05) is 20.8 Å². The molecule has 0 bridgehead atoms. The Bertz CT molecular complexity index is 930. The minimum atomic E-state index is -0.610. The largest absolute Gasteiger partial charge is 0.503 e. The number of rotatable bonds is 1. The molecule has 23 heavy (non-hydrogen) atoms. The Labute approximate surface area is 133 Å². The maximum Gasteiger partial charge on any atom is 0.297 e. The molecule has 0 radical (unpaired) electrons. The highest BCUT2D eigenvalue weighted by atomic mass is 16.5. The third-order valence-electron chi connectivity index (χ3n) is 4.16. The summed E-state index contributed by atoms with van der Waals surface area (Å²) in [6.45, 7) is 5.71. The van der Waals surface area contributed by atoms with Crippen LogP contribution >= 0.6 is 0 Å². The first-order valence-corrected chi connectivity index (χ1v) is 7.21. The van der Waals surface area contributed by atoms with Crippen molar-refractivity contribution in [3.63, 3.8) is 0 Å². The number of fused-ring (bicyclic) bond motifs is 1. The van der Waals surface area contributed by atoms with Gasteiger partial charge >= 0.3 is 0 Å². The van der Waals surface area contributed by atoms with Gasteiger partial charge in [-0.1, -0.05) is 0 Å². The topological polar surface area (TPSA) is 75.3 Å². The summed E-state index contributed by atoms with van der Waals surface area (Å²) in [7, 11) is 0. The second kappa shape index (κ2) is 5.03. The molecule has 0 amide bonds. The first kappa shape index (κ1) is 14.9. The summed E-state index contributed by atoms with van der Waals surface area (Å²) in [5.41, 5.74) is 1.50. The summed E-state index contributed by atoms with van der Waals surface area (Å²) in [4.78, 5) is 12.4. The van der Waals surface area contributed by atoms with E-state index in [0.717, 1.165) is 5.57 Å². The van der Waals surface area contributed by atoms with Crippen molar-refractivity contribution in [2.45, 2.75) is 26.4 Å². The Morgan fingerprint density at radius 3 is 2.74 bits per heavy atom. The lowest BCUT2D eigenvalue weighted by Crippen LogP contribution is -2.36. The zero-order valence-electron chi connectivity index (χ0n) is 13.1. The first-order valence-electron chi connectivity index (χ1n) is 7.21. The van der Waals surface area contributed by atoms with Crippen LogP contribution in [0.5, 0.6) is 11.5 Å². The number of hydrogen-bond donors (Lipinski definition) is 1. The van der Waals surface area contributed by atoms with E-state index in [1.165, 1.54) is 10.6 Å². The Morgan fingerprint density at radius 1 is 1.30 bits per heavy atom. The van der Waals surface area contributed by atoms with Gasteiger partial charge < -0.3 is 9.84 Å². The van der Waals surface area contributed by atoms with Crippen molar-refractivity contribution in [3.05, 3.63) is 63.6 Å². The van der Waals surface area contributed by atoms with E-state index < -0.39 is 11.2 Å². The fourth-order valence-corrected chi connectivity index (χ4v) is 2.68. The van der Waals surface area contributed by atoms with Crippen molar-refractivity contribution in [1.29, 1.82) is 5.26 Å². The van der Waals surface area contributed by atoms with Gasteiger partial charge in [0, 0.05) is 11.8 Å². The molecule has 1 aromatic heterocycles. The van der Waals surface area contributed by atoms with E-state index in [0.29, 0.717) is 22.6 Å². The van der Waals surface area contributed by atoms with Crippen LogP contribution in [0.1, 0.15) is 31.9 Å². The summed E-state index contributed by atoms with van der Waals surface area (Å²) >= 11 is 0. The van der Waals surface area contributed by atoms with Crippen molar-refractivity contribution in [2.75, 3.05) is 0 Å². The lowest BCUT2D eigenvalue weighted by molar-refractivity contribution is 0.143. The smallest absolute Gasteiger partial charge is 0.297 e. The van der Waals surface area contributed by atoms with Gasteiger partial charge in [0.25, 0.3) is 5.56 Å². The van der Waals surface area contributed by atoms with Crippen LogP contribution in [0.25, 0.3) is 5.70 Å². The van der Waals surface area contributed by atoms with Crippen LogP contribution < -0.4 is 10.3 Å². The van der Waals surface area contributed by atoms with Crippen LogP contribution in [-0.2, 0) is 0 Å². The Kier molecular flexibility index (Phi) is 3.26. The molecule has 116 valence electrons. The standard InChI is InChI=1S/C18H16N2O3/c1-11-16(20-8-4-5-14(21)17(20)22)13-9-12(10-19)6-7-15(13)23-18(11,2)3/h4-9,21H,1-3H3. The van der Waals surface area contributed by atoms with Crippen LogP contribution in [-0.4, -0.2) is 15.3 Å². The van der Waals surface area contributed by atoms with Crippen molar-refractivity contribution in [2.24, 2.45) is 0 Å². The molecule has 2 aromatic rings. The van der Waals surface area contributed by atoms with Gasteiger partial charge in [-0.25, -0.2) is 0 Å². The van der Waals surface area contributed by atoms with Gasteiger partial charge in [0.2, 0.25) is 0 Å². The number of aromatic nitrogens is 1. The van der Waals surface area contributed by atoms with Gasteiger partial charge in [-0.15, -0.1) is 0 Å². The van der Waals surface area contributed by atoms with Gasteiger partial charge in [0.05, 0.1) is 17.3 Å². The predicted molar refractivity (Wildman–Crippen MR) is 86.2 cm³/mol. The van der Waals surface area contributed by atoms with E-state index in [-0.39, 0.29) is 5.75 Å². The number of pyridine rings is 1. The van der Waals surface area contributed by atoms with Gasteiger partial charge in [0.15, 0.2) is 5.75 Å². The van der Waals surface area contributed by atoms with Gasteiger partial charge in [-0.3, -0.25) is 9.36 Å². The third-order valence-corrected chi connectivity index (χ3v) is 4.16. The number of nitriles is 1. The molecule has 1 N–H and O–H groups in total. The molecule has 3 rings (SSSR count). The predicted octanol–water partition coefficient (Wildman–Crippen LogP) is 2.88. The van der Waals surface area contributed by atoms with E-state index >= 15 is 0 Å². The summed E-state index contributed by atoms with van der Waals surface area (Å²) in [6.07, 6.45) is 1.60. The number of ether oxygens (including phenoxy) is 1. The lowest BCUT2D eigenvalue weighted by atomic mass is 9.90. The number of nitrogens with zero attached hydrogens (tertiary/aromatic N) is 2. The van der Waals surface area contributed by atoms with E-state index in [9.17, 15) is 9.90 Å². The highest BCUT2D eigenvalue weighted by molar-refractivity contribution is 5.77. The molecule has 0 saturated heterocycles. The molecule has 1 aromatic carbocycles. The van der Waals surface area contributed by atoms with E-state index in [4.69, 9.17) is 10.00 Å². The molecule has 0 spiro atoms. The van der Waals surface area contributed by atoms with Gasteiger partial charge in [-0.2, -0.15) is 5.26 Å². The van der Waals surface area contributed by atoms with Crippen LogP contribution in [0.3, 0.4) is 0 Å². The number of benzene rings is 1. The Hall–Kier alpha value is -3.00. The molecule has 0 fully saturated rings. The molecule has 0 unspecified atom stereocenters. The van der Waals surface area contributed by atoms with Crippen LogP contribution in [0.15, 0.2) is 46.9 Å². The van der Waals surface area contributed by atoms with Crippen molar-refractivity contribution < 1.29 is 9.84 Å². The zero-order chi connectivity index (χ0) is 16.8. The summed E-state index contributed by atoms with van der Waals surface area (Å²) in [5.74, 6) is 0.278. The minimum Gasteiger partial charge on any atom is -0.503 e. The highest BCUT2D eigenvalue weighted by Gasteiger charge is 2.33. The molecular weight excluding hydrogens is 292 g/mol. The Morgan fingerprint density at radius 2 is 2.04 bits per heavy atom. The van der Waals surface area contributed by atoms with Gasteiger partial charge in [-0.05, 0) is 56.7 Å². The second-order valence-corrected chi connectivity index (χ2v) is 5.98. The SMILES string of the molecule is CC1=C(n2cccc(O)c2=O)c2cc(C#N)ccc2OC1(C)C. The maximum absolute atomic E-state index is 12.4. The van der Waals surface area contributed by atoms with Crippen molar-refractivity contribution in [1.82, 2.24) is 4.57 Å². The fraction of sp³-hybridized carbons (Fsp3) is 0.222. The molecule has 0 aliphatic carbocycles. The number of aromatic hydroxyl groups is 1. The molecule has 1 aliphatic rings. The molecule has 1 aliphatic heterocycles. The molecular formula is C18H16N2O3. The lowest BCUT2D eigenvalue weighted by Gasteiger charge is -2.36. The van der Waals surface area contributed by atoms with Crippen molar-refractivity contribution >= 4 is 5.70 Å². The van der Waals surface area contributed by atoms with Crippen LogP contribution in [0.4, 0.5) is 0 Å². The summed E-state index contributed by atoms with van der Waals surface area (Å²) in [6, 6.07) is 10.2. The van der Waals surface area contributed by atoms with Crippen molar-refractivity contribution in [3.8, 4) is 17.6 Å². The molecule has 0 saturated carbocycles. The number of hydrogen-bond acceptors (Lipinski definition) is 4. The zero-order valence-corrected chi connectivity index (χ0v) is 13.1. The first-order chi connectivity index (χ1) is 10.8. The fourth-order valence-electron chi connectivity index (χ4n) is 2.68. The van der Waals surface area contributed by atoms with Gasteiger partial charge in [0.1, 0.15) is 11.4 Å². The van der Waals surface area contributed by atoms with E-state index in [1.54, 1.807) is 30.5 Å². The average molecular weight is 308 g/mol. The monoisotopic (exact) mass is 308 g/mol. The third kappa shape index (κ3) is 2.29. The summed E-state index contributed by atoms with van der Waals surface area (Å²) in [5, 5.41) is 18.9. The quantitative estimate of drug-likeness (QED) is 0.879. The van der Waals surface area contributed by atoms with Crippen LogP contribution in [0.2, 0.25) is 0 Å². The minimum absolute atomic E-state index is 0.324. The molecule has 0 atom stereocenters. The highest BCUT2D eigenvalue weighted by Crippen LogP contribution is 2.41. The molecule has 5 nitrogen and oxygen atoms in total. The van der Waals surface area contributed by atoms with Crippen LogP contribution in [0, 0.1) is 11.3 Å². The summed E-state index contributed by atoms with van der Waals surface area (Å²) < 4.78 is 7.41. The maximum atomic E-state index is 12.4.